The number of aromatic nitrogens is 3. The average Bonchev–Trinajstić information content (AvgIpc) is 3.13. The molecule has 0 spiro atoms. The number of hydrogen-bond donors (Lipinski definition) is 1. The quantitative estimate of drug-likeness (QED) is 0.592. The number of rotatable bonds is 8. The highest BCUT2D eigenvalue weighted by Crippen LogP contribution is 2.26. The van der Waals surface area contributed by atoms with Crippen LogP contribution in [0.15, 0.2) is 22.7 Å². The molecule has 0 aliphatic carbocycles. The standard InChI is InChI=1S/C13H18N4O2S2/c1-3-17-12(10-5-4-8-20-10)15-16-13(17)21-9-11(18)14-6-7-19-2/h4-5,8H,3,6-7,9H2,1-2H3,(H,14,18). The fourth-order valence-electron chi connectivity index (χ4n) is 1.74. The number of carbonyl (C=O) groups excluding carboxylic acids is 1. The molecule has 2 rings (SSSR count). The highest BCUT2D eigenvalue weighted by Gasteiger charge is 2.14. The summed E-state index contributed by atoms with van der Waals surface area (Å²) in [6.45, 7) is 3.86. The number of hydrogen-bond acceptors (Lipinski definition) is 6. The molecule has 1 N–H and O–H groups in total. The third-order valence-electron chi connectivity index (χ3n) is 2.74. The van der Waals surface area contributed by atoms with Gasteiger partial charge in [0.05, 0.1) is 17.2 Å². The predicted octanol–water partition coefficient (Wildman–Crippen LogP) is 1.88. The fourth-order valence-corrected chi connectivity index (χ4v) is 3.29. The summed E-state index contributed by atoms with van der Waals surface area (Å²) in [7, 11) is 1.61. The topological polar surface area (TPSA) is 69.0 Å². The van der Waals surface area contributed by atoms with Crippen molar-refractivity contribution in [1.82, 2.24) is 20.1 Å². The van der Waals surface area contributed by atoms with Crippen molar-refractivity contribution in [2.24, 2.45) is 0 Å². The smallest absolute Gasteiger partial charge is 0.230 e. The Hall–Kier alpha value is -1.38. The van der Waals surface area contributed by atoms with Crippen molar-refractivity contribution in [1.29, 1.82) is 0 Å². The van der Waals surface area contributed by atoms with Gasteiger partial charge in [0.25, 0.3) is 0 Å². The van der Waals surface area contributed by atoms with Gasteiger partial charge in [-0.3, -0.25) is 4.79 Å². The molecule has 0 radical (unpaired) electrons. The van der Waals surface area contributed by atoms with E-state index >= 15 is 0 Å². The number of nitrogens with one attached hydrogen (secondary N) is 1. The highest BCUT2D eigenvalue weighted by molar-refractivity contribution is 7.99. The molecule has 0 bridgehead atoms. The molecule has 0 aromatic carbocycles. The molecule has 0 saturated heterocycles. The summed E-state index contributed by atoms with van der Waals surface area (Å²) < 4.78 is 6.92. The molecule has 6 nitrogen and oxygen atoms in total. The van der Waals surface area contributed by atoms with Crippen molar-refractivity contribution in [3.05, 3.63) is 17.5 Å². The minimum Gasteiger partial charge on any atom is -0.383 e. The molecule has 0 unspecified atom stereocenters. The van der Waals surface area contributed by atoms with Crippen LogP contribution in [0.25, 0.3) is 10.7 Å². The minimum atomic E-state index is -0.0274. The van der Waals surface area contributed by atoms with Crippen molar-refractivity contribution in [3.8, 4) is 10.7 Å². The van der Waals surface area contributed by atoms with Crippen molar-refractivity contribution in [3.63, 3.8) is 0 Å². The molecule has 2 heterocycles. The van der Waals surface area contributed by atoms with Crippen LogP contribution in [-0.4, -0.2) is 46.7 Å². The first-order valence-corrected chi connectivity index (χ1v) is 8.48. The minimum absolute atomic E-state index is 0.0274. The molecular formula is C13H18N4O2S2. The molecule has 0 aliphatic heterocycles. The Balaban J connectivity index is 1.96. The normalized spacial score (nSPS) is 10.8. The number of ether oxygens (including phenoxy) is 1. The van der Waals surface area contributed by atoms with Crippen LogP contribution in [0.4, 0.5) is 0 Å². The van der Waals surface area contributed by atoms with Gasteiger partial charge in [0.1, 0.15) is 0 Å². The van der Waals surface area contributed by atoms with Crippen LogP contribution >= 0.6 is 23.1 Å². The second-order valence-electron chi connectivity index (χ2n) is 4.16. The van der Waals surface area contributed by atoms with E-state index in [2.05, 4.69) is 15.5 Å². The van der Waals surface area contributed by atoms with Gasteiger partial charge in [-0.15, -0.1) is 21.5 Å². The Morgan fingerprint density at radius 3 is 3.05 bits per heavy atom. The van der Waals surface area contributed by atoms with Crippen molar-refractivity contribution in [2.75, 3.05) is 26.0 Å². The fraction of sp³-hybridized carbons (Fsp3) is 0.462. The van der Waals surface area contributed by atoms with Crippen LogP contribution in [0.1, 0.15) is 6.92 Å². The van der Waals surface area contributed by atoms with Crippen LogP contribution in [0.2, 0.25) is 0 Å². The van der Waals surface area contributed by atoms with Gasteiger partial charge in [-0.25, -0.2) is 0 Å². The van der Waals surface area contributed by atoms with E-state index in [0.717, 1.165) is 22.4 Å². The van der Waals surface area contributed by atoms with Gasteiger partial charge < -0.3 is 14.6 Å². The molecular weight excluding hydrogens is 308 g/mol. The molecule has 0 aliphatic rings. The number of amides is 1. The lowest BCUT2D eigenvalue weighted by molar-refractivity contribution is -0.118. The number of methoxy groups -OCH3 is 1. The van der Waals surface area contributed by atoms with Gasteiger partial charge in [-0.1, -0.05) is 17.8 Å². The lowest BCUT2D eigenvalue weighted by Gasteiger charge is -2.06. The Bertz CT molecular complexity index is 569. The number of nitrogens with zero attached hydrogens (tertiary/aromatic N) is 3. The van der Waals surface area contributed by atoms with Crippen molar-refractivity contribution < 1.29 is 9.53 Å². The summed E-state index contributed by atoms with van der Waals surface area (Å²) in [5.41, 5.74) is 0. The molecule has 0 saturated carbocycles. The van der Waals surface area contributed by atoms with E-state index in [1.54, 1.807) is 18.4 Å². The molecule has 2 aromatic heterocycles. The first kappa shape index (κ1) is 16.0. The maximum Gasteiger partial charge on any atom is 0.230 e. The Morgan fingerprint density at radius 1 is 1.52 bits per heavy atom. The SMILES string of the molecule is CCn1c(SCC(=O)NCCOC)nnc1-c1cccs1. The summed E-state index contributed by atoms with van der Waals surface area (Å²) in [6, 6.07) is 4.01. The summed E-state index contributed by atoms with van der Waals surface area (Å²) in [4.78, 5) is 12.8. The van der Waals surface area contributed by atoms with E-state index in [4.69, 9.17) is 4.74 Å². The lowest BCUT2D eigenvalue weighted by Crippen LogP contribution is -2.28. The molecule has 1 amide bonds. The number of thiophene rings is 1. The van der Waals surface area contributed by atoms with Crippen molar-refractivity contribution >= 4 is 29.0 Å². The first-order valence-electron chi connectivity index (χ1n) is 6.61. The molecule has 0 atom stereocenters. The first-order chi connectivity index (χ1) is 10.3. The molecule has 8 heteroatoms. The maximum atomic E-state index is 11.7. The molecule has 2 aromatic rings. The zero-order valence-corrected chi connectivity index (χ0v) is 13.7. The van der Waals surface area contributed by atoms with Gasteiger partial charge in [0.2, 0.25) is 5.91 Å². The van der Waals surface area contributed by atoms with Crippen LogP contribution in [0.5, 0.6) is 0 Å². The van der Waals surface area contributed by atoms with E-state index in [9.17, 15) is 4.79 Å². The third-order valence-corrected chi connectivity index (χ3v) is 4.57. The van der Waals surface area contributed by atoms with E-state index in [-0.39, 0.29) is 5.91 Å². The zero-order chi connectivity index (χ0) is 15.1. The lowest BCUT2D eigenvalue weighted by atomic mass is 10.4. The Labute approximate surface area is 131 Å². The van der Waals surface area contributed by atoms with Crippen molar-refractivity contribution in [2.45, 2.75) is 18.6 Å². The van der Waals surface area contributed by atoms with E-state index < -0.39 is 0 Å². The van der Waals surface area contributed by atoms with Gasteiger partial charge in [-0.05, 0) is 18.4 Å². The second kappa shape index (κ2) is 8.16. The third kappa shape index (κ3) is 4.29. The summed E-state index contributed by atoms with van der Waals surface area (Å²) >= 11 is 3.03. The summed E-state index contributed by atoms with van der Waals surface area (Å²) in [5, 5.41) is 14.0. The van der Waals surface area contributed by atoms with Crippen LogP contribution in [0, 0.1) is 0 Å². The largest absolute Gasteiger partial charge is 0.383 e. The van der Waals surface area contributed by atoms with Crippen LogP contribution < -0.4 is 5.32 Å². The van der Waals surface area contributed by atoms with Gasteiger partial charge in [0, 0.05) is 20.2 Å². The Kier molecular flexibility index (Phi) is 6.21. The van der Waals surface area contributed by atoms with E-state index in [1.165, 1.54) is 11.8 Å². The van der Waals surface area contributed by atoms with Gasteiger partial charge in [-0.2, -0.15) is 0 Å². The second-order valence-corrected chi connectivity index (χ2v) is 6.05. The van der Waals surface area contributed by atoms with E-state index in [1.807, 2.05) is 29.0 Å². The highest BCUT2D eigenvalue weighted by atomic mass is 32.2. The zero-order valence-electron chi connectivity index (χ0n) is 12.0. The summed E-state index contributed by atoms with van der Waals surface area (Å²) in [5.74, 6) is 1.15. The van der Waals surface area contributed by atoms with E-state index in [0.29, 0.717) is 18.9 Å². The van der Waals surface area contributed by atoms with Gasteiger partial charge >= 0.3 is 0 Å². The summed E-state index contributed by atoms with van der Waals surface area (Å²) in [6.07, 6.45) is 0. The molecule has 21 heavy (non-hydrogen) atoms. The Morgan fingerprint density at radius 2 is 2.38 bits per heavy atom. The van der Waals surface area contributed by atoms with Gasteiger partial charge in [0.15, 0.2) is 11.0 Å². The number of carbonyl (C=O) groups is 1. The monoisotopic (exact) mass is 326 g/mol. The molecule has 114 valence electrons. The molecule has 0 fully saturated rings. The predicted molar refractivity (Wildman–Crippen MR) is 84.6 cm³/mol. The number of thioether (sulfide) groups is 1. The average molecular weight is 326 g/mol. The maximum absolute atomic E-state index is 11.7. The van der Waals surface area contributed by atoms with Crippen LogP contribution in [0.3, 0.4) is 0 Å². The van der Waals surface area contributed by atoms with Crippen LogP contribution in [-0.2, 0) is 16.1 Å².